The molecular formula is C15H20N2O2. The monoisotopic (exact) mass is 260 g/mol. The van der Waals surface area contributed by atoms with E-state index in [0.717, 1.165) is 6.42 Å². The summed E-state index contributed by atoms with van der Waals surface area (Å²) in [6, 6.07) is 10.2. The maximum atomic E-state index is 11.9. The maximum Gasteiger partial charge on any atom is 0.317 e. The zero-order chi connectivity index (χ0) is 13.5. The van der Waals surface area contributed by atoms with Gasteiger partial charge in [-0.05, 0) is 5.56 Å². The zero-order valence-electron chi connectivity index (χ0n) is 11.0. The minimum Gasteiger partial charge on any atom is -0.374 e. The van der Waals surface area contributed by atoms with E-state index < -0.39 is 0 Å². The number of rotatable bonds is 4. The third kappa shape index (κ3) is 4.10. The van der Waals surface area contributed by atoms with Gasteiger partial charge in [0.25, 0.3) is 0 Å². The highest BCUT2D eigenvalue weighted by Gasteiger charge is 2.23. The van der Waals surface area contributed by atoms with E-state index in [1.165, 1.54) is 5.56 Å². The Morgan fingerprint density at radius 1 is 1.47 bits per heavy atom. The van der Waals surface area contributed by atoms with Gasteiger partial charge >= 0.3 is 6.03 Å². The minimum atomic E-state index is -0.0405. The van der Waals surface area contributed by atoms with E-state index in [4.69, 9.17) is 4.74 Å². The molecule has 1 N–H and O–H groups in total. The van der Waals surface area contributed by atoms with Crippen LogP contribution in [-0.4, -0.2) is 43.3 Å². The summed E-state index contributed by atoms with van der Waals surface area (Å²) >= 11 is 0. The van der Waals surface area contributed by atoms with Crippen molar-refractivity contribution in [3.05, 3.63) is 48.6 Å². The van der Waals surface area contributed by atoms with Crippen LogP contribution in [0, 0.1) is 0 Å². The van der Waals surface area contributed by atoms with Crippen LogP contribution < -0.4 is 5.32 Å². The Morgan fingerprint density at radius 2 is 2.26 bits per heavy atom. The topological polar surface area (TPSA) is 41.6 Å². The van der Waals surface area contributed by atoms with Crippen molar-refractivity contribution in [1.29, 1.82) is 0 Å². The van der Waals surface area contributed by atoms with E-state index in [9.17, 15) is 4.79 Å². The van der Waals surface area contributed by atoms with E-state index in [0.29, 0.717) is 26.2 Å². The molecule has 19 heavy (non-hydrogen) atoms. The summed E-state index contributed by atoms with van der Waals surface area (Å²) in [6.07, 6.45) is 2.59. The van der Waals surface area contributed by atoms with Crippen LogP contribution in [0.1, 0.15) is 5.56 Å². The molecule has 0 unspecified atom stereocenters. The van der Waals surface area contributed by atoms with Gasteiger partial charge in [0.1, 0.15) is 0 Å². The van der Waals surface area contributed by atoms with Gasteiger partial charge in [-0.1, -0.05) is 36.4 Å². The maximum absolute atomic E-state index is 11.9. The summed E-state index contributed by atoms with van der Waals surface area (Å²) in [5, 5.41) is 2.80. The number of ether oxygens (including phenoxy) is 1. The molecule has 2 amide bonds. The van der Waals surface area contributed by atoms with Gasteiger partial charge < -0.3 is 15.0 Å². The predicted octanol–water partition coefficient (Wildman–Crippen LogP) is 1.83. The van der Waals surface area contributed by atoms with Gasteiger partial charge in [-0.15, -0.1) is 6.58 Å². The van der Waals surface area contributed by atoms with Crippen molar-refractivity contribution in [2.24, 2.45) is 0 Å². The molecule has 1 fully saturated rings. The number of hydrogen-bond acceptors (Lipinski definition) is 2. The van der Waals surface area contributed by atoms with Crippen LogP contribution in [0.15, 0.2) is 43.0 Å². The lowest BCUT2D eigenvalue weighted by Crippen LogP contribution is -2.50. The second-order valence-electron chi connectivity index (χ2n) is 4.60. The Labute approximate surface area is 114 Å². The summed E-state index contributed by atoms with van der Waals surface area (Å²) < 4.78 is 5.72. The second kappa shape index (κ2) is 6.95. The molecule has 1 atom stereocenters. The van der Waals surface area contributed by atoms with E-state index in [-0.39, 0.29) is 12.1 Å². The highest BCUT2D eigenvalue weighted by atomic mass is 16.5. The number of hydrogen-bond donors (Lipinski definition) is 1. The molecular weight excluding hydrogens is 240 g/mol. The quantitative estimate of drug-likeness (QED) is 0.839. The van der Waals surface area contributed by atoms with Gasteiger partial charge in [-0.3, -0.25) is 0 Å². The number of nitrogens with one attached hydrogen (secondary N) is 1. The lowest BCUT2D eigenvalue weighted by atomic mass is 10.1. The van der Waals surface area contributed by atoms with E-state index in [1.807, 2.05) is 18.2 Å². The molecule has 0 radical (unpaired) electrons. The first-order valence-electron chi connectivity index (χ1n) is 6.59. The zero-order valence-corrected chi connectivity index (χ0v) is 11.0. The molecule has 0 spiro atoms. The van der Waals surface area contributed by atoms with Gasteiger partial charge in [0.2, 0.25) is 0 Å². The summed E-state index contributed by atoms with van der Waals surface area (Å²) in [5.74, 6) is 0. The Hall–Kier alpha value is -1.81. The van der Waals surface area contributed by atoms with Crippen molar-refractivity contribution in [1.82, 2.24) is 10.2 Å². The molecule has 0 saturated carbocycles. The molecule has 2 rings (SSSR count). The smallest absolute Gasteiger partial charge is 0.317 e. The van der Waals surface area contributed by atoms with E-state index >= 15 is 0 Å². The molecule has 4 heteroatoms. The van der Waals surface area contributed by atoms with Crippen molar-refractivity contribution in [2.75, 3.05) is 26.2 Å². The summed E-state index contributed by atoms with van der Waals surface area (Å²) in [6.45, 7) is 5.97. The Bertz CT molecular complexity index is 419. The molecule has 1 aliphatic rings. The van der Waals surface area contributed by atoms with Crippen LogP contribution in [0.3, 0.4) is 0 Å². The molecule has 1 heterocycles. The Balaban J connectivity index is 1.86. The molecule has 0 aromatic heterocycles. The number of carbonyl (C=O) groups is 1. The first kappa shape index (κ1) is 13.6. The Kier molecular flexibility index (Phi) is 4.98. The van der Waals surface area contributed by atoms with Crippen molar-refractivity contribution >= 4 is 6.03 Å². The van der Waals surface area contributed by atoms with Crippen LogP contribution in [0.2, 0.25) is 0 Å². The molecule has 1 saturated heterocycles. The minimum absolute atomic E-state index is 0.0405. The summed E-state index contributed by atoms with van der Waals surface area (Å²) in [5.41, 5.74) is 1.24. The fourth-order valence-corrected chi connectivity index (χ4v) is 2.18. The van der Waals surface area contributed by atoms with Gasteiger partial charge in [0, 0.05) is 26.1 Å². The number of amides is 2. The van der Waals surface area contributed by atoms with Gasteiger partial charge in [-0.25, -0.2) is 4.79 Å². The lowest BCUT2D eigenvalue weighted by Gasteiger charge is -2.33. The van der Waals surface area contributed by atoms with Crippen LogP contribution in [0.25, 0.3) is 0 Å². The van der Waals surface area contributed by atoms with Gasteiger partial charge in [0.15, 0.2) is 0 Å². The molecule has 1 aromatic carbocycles. The molecule has 0 bridgehead atoms. The average Bonchev–Trinajstić information content (AvgIpc) is 2.46. The van der Waals surface area contributed by atoms with Crippen LogP contribution in [0.4, 0.5) is 4.79 Å². The third-order valence-corrected chi connectivity index (χ3v) is 3.13. The number of urea groups is 1. The van der Waals surface area contributed by atoms with Gasteiger partial charge in [-0.2, -0.15) is 0 Å². The average molecular weight is 260 g/mol. The van der Waals surface area contributed by atoms with Crippen molar-refractivity contribution in [3.63, 3.8) is 0 Å². The largest absolute Gasteiger partial charge is 0.374 e. The molecule has 1 aliphatic heterocycles. The fraction of sp³-hybridized carbons (Fsp3) is 0.400. The van der Waals surface area contributed by atoms with Crippen LogP contribution in [0.5, 0.6) is 0 Å². The molecule has 1 aromatic rings. The normalized spacial score (nSPS) is 18.9. The van der Waals surface area contributed by atoms with Gasteiger partial charge in [0.05, 0.1) is 12.7 Å². The van der Waals surface area contributed by atoms with Crippen LogP contribution in [-0.2, 0) is 11.2 Å². The number of benzene rings is 1. The van der Waals surface area contributed by atoms with Crippen molar-refractivity contribution in [3.8, 4) is 0 Å². The highest BCUT2D eigenvalue weighted by molar-refractivity contribution is 5.74. The summed E-state index contributed by atoms with van der Waals surface area (Å²) in [7, 11) is 0. The molecule has 4 nitrogen and oxygen atoms in total. The number of carbonyl (C=O) groups excluding carboxylic acids is 1. The Morgan fingerprint density at radius 3 is 3.00 bits per heavy atom. The first-order chi connectivity index (χ1) is 9.29. The predicted molar refractivity (Wildman–Crippen MR) is 75.1 cm³/mol. The van der Waals surface area contributed by atoms with Crippen molar-refractivity contribution < 1.29 is 9.53 Å². The first-order valence-corrected chi connectivity index (χ1v) is 6.59. The number of morpholine rings is 1. The van der Waals surface area contributed by atoms with Crippen LogP contribution >= 0.6 is 0 Å². The van der Waals surface area contributed by atoms with E-state index in [2.05, 4.69) is 24.0 Å². The van der Waals surface area contributed by atoms with Crippen molar-refractivity contribution in [2.45, 2.75) is 12.5 Å². The fourth-order valence-electron chi connectivity index (χ4n) is 2.18. The summed E-state index contributed by atoms with van der Waals surface area (Å²) in [4.78, 5) is 13.7. The third-order valence-electron chi connectivity index (χ3n) is 3.13. The lowest BCUT2D eigenvalue weighted by molar-refractivity contribution is -0.0131. The molecule has 0 aliphatic carbocycles. The highest BCUT2D eigenvalue weighted by Crippen LogP contribution is 2.11. The standard InChI is InChI=1S/C15H20N2O2/c1-2-8-16-15(18)17-9-10-19-14(12-17)11-13-6-4-3-5-7-13/h2-7,14H,1,8-12H2,(H,16,18)/t14-/m0/s1. The second-order valence-corrected chi connectivity index (χ2v) is 4.60. The SMILES string of the molecule is C=CCNC(=O)N1CCO[C@@H](Cc2ccccc2)C1. The van der Waals surface area contributed by atoms with E-state index in [1.54, 1.807) is 11.0 Å². The number of nitrogens with zero attached hydrogens (tertiary/aromatic N) is 1. The molecule has 102 valence electrons.